The highest BCUT2D eigenvalue weighted by Gasteiger charge is 2.09. The van der Waals surface area contributed by atoms with Gasteiger partial charge in [0, 0.05) is 6.42 Å². The molecule has 0 amide bonds. The van der Waals surface area contributed by atoms with Crippen LogP contribution >= 0.6 is 0 Å². The molecule has 1 saturated heterocycles. The summed E-state index contributed by atoms with van der Waals surface area (Å²) in [6.45, 7) is 2.12. The summed E-state index contributed by atoms with van der Waals surface area (Å²) in [5, 5.41) is 4.09. The van der Waals surface area contributed by atoms with E-state index in [2.05, 4.69) is 5.16 Å². The summed E-state index contributed by atoms with van der Waals surface area (Å²) in [6, 6.07) is 7.52. The van der Waals surface area contributed by atoms with Crippen LogP contribution in [-0.4, -0.2) is 30.9 Å². The van der Waals surface area contributed by atoms with E-state index in [9.17, 15) is 9.59 Å². The molecule has 166 valence electrons. The predicted octanol–water partition coefficient (Wildman–Crippen LogP) is 5.51. The van der Waals surface area contributed by atoms with Gasteiger partial charge in [-0.2, -0.15) is 0 Å². The summed E-state index contributed by atoms with van der Waals surface area (Å²) < 4.78 is 10.8. The molecular formula is C24H35NO5. The first kappa shape index (κ1) is 23.9. The Kier molecular flexibility index (Phi) is 11.6. The fourth-order valence-corrected chi connectivity index (χ4v) is 3.41. The lowest BCUT2D eigenvalue weighted by Crippen LogP contribution is -2.14. The van der Waals surface area contributed by atoms with Gasteiger partial charge in [-0.05, 0) is 50.7 Å². The van der Waals surface area contributed by atoms with Crippen molar-refractivity contribution in [1.29, 1.82) is 0 Å². The maximum Gasteiger partial charge on any atom is 0.372 e. The zero-order valence-electron chi connectivity index (χ0n) is 18.2. The van der Waals surface area contributed by atoms with Crippen LogP contribution in [-0.2, 0) is 19.2 Å². The average molecular weight is 418 g/mol. The number of oxime groups is 1. The number of ether oxygens (including phenoxy) is 2. The number of aryl methyl sites for hydroxylation is 1. The molecule has 0 N–H and O–H groups in total. The van der Waals surface area contributed by atoms with Gasteiger partial charge >= 0.3 is 11.9 Å². The van der Waals surface area contributed by atoms with Gasteiger partial charge in [-0.15, -0.1) is 0 Å². The molecule has 1 fully saturated rings. The normalized spacial score (nSPS) is 19.1. The molecule has 30 heavy (non-hydrogen) atoms. The fourth-order valence-electron chi connectivity index (χ4n) is 3.41. The molecule has 0 aliphatic carbocycles. The smallest absolute Gasteiger partial charge is 0.372 e. The molecule has 0 aromatic heterocycles. The first-order chi connectivity index (χ1) is 14.6. The monoisotopic (exact) mass is 417 g/mol. The summed E-state index contributed by atoms with van der Waals surface area (Å²) in [7, 11) is 0. The molecule has 1 aliphatic rings. The molecule has 1 aromatic rings. The third-order valence-corrected chi connectivity index (χ3v) is 5.18. The van der Waals surface area contributed by atoms with E-state index in [-0.39, 0.29) is 12.6 Å². The van der Waals surface area contributed by atoms with Crippen LogP contribution in [0.15, 0.2) is 29.4 Å². The molecule has 0 bridgehead atoms. The molecule has 0 atom stereocenters. The van der Waals surface area contributed by atoms with Crippen molar-refractivity contribution in [3.8, 4) is 5.75 Å². The number of nitrogens with zero attached hydrogens (tertiary/aromatic N) is 1. The second-order valence-corrected chi connectivity index (χ2v) is 7.83. The Labute approximate surface area is 180 Å². The highest BCUT2D eigenvalue weighted by atomic mass is 16.7. The lowest BCUT2D eigenvalue weighted by Gasteiger charge is -2.10. The minimum Gasteiger partial charge on any atom is -0.482 e. The van der Waals surface area contributed by atoms with Crippen LogP contribution in [0.3, 0.4) is 0 Å². The van der Waals surface area contributed by atoms with E-state index >= 15 is 0 Å². The predicted molar refractivity (Wildman–Crippen MR) is 117 cm³/mol. The Hall–Kier alpha value is -2.37. The highest BCUT2D eigenvalue weighted by Crippen LogP contribution is 2.16. The van der Waals surface area contributed by atoms with Gasteiger partial charge in [0.15, 0.2) is 6.61 Å². The molecule has 0 saturated carbocycles. The summed E-state index contributed by atoms with van der Waals surface area (Å²) in [5.74, 6) is 0.0123. The quantitative estimate of drug-likeness (QED) is 0.367. The number of hydrogen-bond donors (Lipinski definition) is 0. The van der Waals surface area contributed by atoms with Crippen LogP contribution in [0.2, 0.25) is 0 Å². The van der Waals surface area contributed by atoms with Crippen LogP contribution in [0.1, 0.15) is 82.6 Å². The lowest BCUT2D eigenvalue weighted by molar-refractivity contribution is -0.146. The Morgan fingerprint density at radius 3 is 2.30 bits per heavy atom. The van der Waals surface area contributed by atoms with Crippen molar-refractivity contribution in [2.24, 2.45) is 5.16 Å². The number of carbonyl (C=O) groups is 2. The van der Waals surface area contributed by atoms with Crippen molar-refractivity contribution in [1.82, 2.24) is 0 Å². The Balaban J connectivity index is 1.81. The van der Waals surface area contributed by atoms with E-state index in [0.717, 1.165) is 43.4 Å². The third-order valence-electron chi connectivity index (χ3n) is 5.18. The Morgan fingerprint density at radius 2 is 1.57 bits per heavy atom. The Morgan fingerprint density at radius 1 is 0.933 bits per heavy atom. The largest absolute Gasteiger partial charge is 0.482 e. The van der Waals surface area contributed by atoms with Gasteiger partial charge in [-0.25, -0.2) is 4.79 Å². The molecule has 1 aliphatic heterocycles. The van der Waals surface area contributed by atoms with E-state index in [4.69, 9.17) is 14.3 Å². The van der Waals surface area contributed by atoms with Gasteiger partial charge in [-0.3, -0.25) is 4.79 Å². The maximum absolute atomic E-state index is 12.0. The number of rotatable bonds is 4. The molecule has 6 nitrogen and oxygen atoms in total. The van der Waals surface area contributed by atoms with Crippen molar-refractivity contribution in [2.75, 3.05) is 13.2 Å². The van der Waals surface area contributed by atoms with E-state index in [1.54, 1.807) is 0 Å². The van der Waals surface area contributed by atoms with Crippen molar-refractivity contribution in [3.63, 3.8) is 0 Å². The number of cyclic esters (lactones) is 1. The molecule has 6 heteroatoms. The molecule has 2 rings (SSSR count). The Bertz CT molecular complexity index is 686. The SMILES string of the molecule is Cc1ccccc1OCC(=O)O/N=C1/CCCCCCCCCCC(=O)OCCC1. The van der Waals surface area contributed by atoms with Crippen LogP contribution in [0, 0.1) is 6.92 Å². The van der Waals surface area contributed by atoms with Crippen molar-refractivity contribution in [2.45, 2.75) is 84.0 Å². The summed E-state index contributed by atoms with van der Waals surface area (Å²) >= 11 is 0. The maximum atomic E-state index is 12.0. The van der Waals surface area contributed by atoms with Crippen LogP contribution in [0.4, 0.5) is 0 Å². The van der Waals surface area contributed by atoms with E-state index < -0.39 is 5.97 Å². The topological polar surface area (TPSA) is 74.2 Å². The second kappa shape index (κ2) is 14.6. The number of carbonyl (C=O) groups excluding carboxylic acids is 2. The molecular weight excluding hydrogens is 382 g/mol. The van der Waals surface area contributed by atoms with Gasteiger partial charge in [-0.1, -0.05) is 61.9 Å². The zero-order valence-corrected chi connectivity index (χ0v) is 18.2. The first-order valence-electron chi connectivity index (χ1n) is 11.2. The second-order valence-electron chi connectivity index (χ2n) is 7.83. The lowest BCUT2D eigenvalue weighted by atomic mass is 10.0. The van der Waals surface area contributed by atoms with Crippen LogP contribution in [0.5, 0.6) is 5.75 Å². The number of para-hydroxylation sites is 1. The van der Waals surface area contributed by atoms with Crippen LogP contribution in [0.25, 0.3) is 0 Å². The minimum atomic E-state index is -0.524. The minimum absolute atomic E-state index is 0.125. The summed E-state index contributed by atoms with van der Waals surface area (Å²) in [5.41, 5.74) is 1.80. The zero-order chi connectivity index (χ0) is 21.4. The summed E-state index contributed by atoms with van der Waals surface area (Å²) in [4.78, 5) is 28.9. The van der Waals surface area contributed by atoms with E-state index in [1.807, 2.05) is 31.2 Å². The van der Waals surface area contributed by atoms with Crippen molar-refractivity contribution >= 4 is 17.7 Å². The number of esters is 1. The van der Waals surface area contributed by atoms with Gasteiger partial charge in [0.2, 0.25) is 0 Å². The van der Waals surface area contributed by atoms with Crippen molar-refractivity contribution < 1.29 is 23.9 Å². The first-order valence-corrected chi connectivity index (χ1v) is 11.2. The number of hydrogen-bond acceptors (Lipinski definition) is 6. The van der Waals surface area contributed by atoms with Gasteiger partial charge in [0.05, 0.1) is 12.3 Å². The van der Waals surface area contributed by atoms with Gasteiger partial charge in [0.1, 0.15) is 5.75 Å². The average Bonchev–Trinajstić information content (AvgIpc) is 2.74. The standard InChI is InChI=1S/C24H35NO5/c1-20-13-10-11-16-22(20)29-19-24(27)30-25-21-14-8-6-4-2-3-5-7-9-17-23(26)28-18-12-15-21/h10-11,13,16H,2-9,12,14-15,17-19H2,1H3/b25-21-. The van der Waals surface area contributed by atoms with Crippen LogP contribution < -0.4 is 4.74 Å². The molecule has 1 heterocycles. The fraction of sp³-hybridized carbons (Fsp3) is 0.625. The molecule has 1 aromatic carbocycles. The van der Waals surface area contributed by atoms with Gasteiger partial charge < -0.3 is 14.3 Å². The number of benzene rings is 1. The molecule has 0 radical (unpaired) electrons. The molecule has 0 spiro atoms. The third kappa shape index (κ3) is 10.4. The van der Waals surface area contributed by atoms with E-state index in [1.165, 1.54) is 25.7 Å². The van der Waals surface area contributed by atoms with Gasteiger partial charge in [0.25, 0.3) is 0 Å². The van der Waals surface area contributed by atoms with Crippen molar-refractivity contribution in [3.05, 3.63) is 29.8 Å². The van der Waals surface area contributed by atoms with E-state index in [0.29, 0.717) is 31.6 Å². The molecule has 0 unspecified atom stereocenters. The highest BCUT2D eigenvalue weighted by molar-refractivity contribution is 5.85. The summed E-state index contributed by atoms with van der Waals surface area (Å²) in [6.07, 6.45) is 11.6.